The van der Waals surface area contributed by atoms with E-state index in [1.807, 2.05) is 48.7 Å². The smallest absolute Gasteiger partial charge is 0.239 e. The van der Waals surface area contributed by atoms with Gasteiger partial charge in [-0.3, -0.25) is 4.79 Å². The van der Waals surface area contributed by atoms with Crippen molar-refractivity contribution in [1.82, 2.24) is 15.0 Å². The Labute approximate surface area is 148 Å². The van der Waals surface area contributed by atoms with Gasteiger partial charge in [0.15, 0.2) is 5.13 Å². The van der Waals surface area contributed by atoms with Crippen LogP contribution in [-0.2, 0) is 4.79 Å². The van der Waals surface area contributed by atoms with Crippen LogP contribution in [-0.4, -0.2) is 26.1 Å². The Morgan fingerprint density at radius 1 is 1.25 bits per heavy atom. The van der Waals surface area contributed by atoms with Crippen molar-refractivity contribution in [2.75, 3.05) is 5.32 Å². The third-order valence-corrected chi connectivity index (χ3v) is 5.29. The van der Waals surface area contributed by atoms with Crippen LogP contribution in [0.2, 0.25) is 0 Å². The highest BCUT2D eigenvalue weighted by atomic mass is 32.2. The normalized spacial score (nSPS) is 11.9. The molecule has 1 aromatic carbocycles. The molecule has 5 nitrogen and oxygen atoms in total. The fourth-order valence-electron chi connectivity index (χ4n) is 2.11. The maximum absolute atomic E-state index is 12.4. The number of aromatic nitrogens is 3. The van der Waals surface area contributed by atoms with Crippen LogP contribution in [0.3, 0.4) is 0 Å². The predicted molar refractivity (Wildman–Crippen MR) is 98.1 cm³/mol. The summed E-state index contributed by atoms with van der Waals surface area (Å²) < 4.78 is 0. The van der Waals surface area contributed by atoms with Crippen LogP contribution < -0.4 is 5.32 Å². The molecule has 0 fully saturated rings. The van der Waals surface area contributed by atoms with Gasteiger partial charge in [0.1, 0.15) is 11.4 Å². The third-order valence-electron chi connectivity index (χ3n) is 3.30. The molecule has 2 aromatic heterocycles. The molecule has 0 saturated carbocycles. The number of benzene rings is 1. The summed E-state index contributed by atoms with van der Waals surface area (Å²) in [5.74, 6) is -0.0580. The number of anilines is 1. The Bertz CT molecular complexity index is 793. The topological polar surface area (TPSA) is 67.8 Å². The van der Waals surface area contributed by atoms with Crippen LogP contribution >= 0.6 is 23.1 Å². The number of hydrogen-bond acceptors (Lipinski definition) is 6. The molecule has 0 spiro atoms. The zero-order valence-corrected chi connectivity index (χ0v) is 14.7. The molecule has 0 aliphatic heterocycles. The number of carbonyl (C=O) groups is 1. The second-order valence-corrected chi connectivity index (χ2v) is 7.07. The largest absolute Gasteiger partial charge is 0.301 e. The number of hydrogen-bond donors (Lipinski definition) is 1. The first kappa shape index (κ1) is 16.6. The van der Waals surface area contributed by atoms with E-state index < -0.39 is 0 Å². The van der Waals surface area contributed by atoms with Gasteiger partial charge in [0, 0.05) is 17.1 Å². The fraction of sp³-hybridized carbons (Fsp3) is 0.176. The number of nitrogens with one attached hydrogen (secondary N) is 1. The highest BCUT2D eigenvalue weighted by molar-refractivity contribution is 8.00. The first-order chi connectivity index (χ1) is 11.8. The molecule has 122 valence electrons. The number of nitrogens with zero attached hydrogens (tertiary/aromatic N) is 3. The molecule has 1 N–H and O–H groups in total. The van der Waals surface area contributed by atoms with Gasteiger partial charge in [-0.2, -0.15) is 0 Å². The fourth-order valence-corrected chi connectivity index (χ4v) is 3.55. The average molecular weight is 356 g/mol. The van der Waals surface area contributed by atoms with Crippen LogP contribution in [0.4, 0.5) is 5.13 Å². The summed E-state index contributed by atoms with van der Waals surface area (Å²) in [5.41, 5.74) is 1.88. The van der Waals surface area contributed by atoms with E-state index in [4.69, 9.17) is 0 Å². The van der Waals surface area contributed by atoms with Crippen LogP contribution in [0.5, 0.6) is 0 Å². The molecule has 3 aromatic rings. The van der Waals surface area contributed by atoms with Crippen LogP contribution in [0.25, 0.3) is 11.3 Å². The number of thiazole rings is 1. The summed E-state index contributed by atoms with van der Waals surface area (Å²) in [6, 6.07) is 11.8. The van der Waals surface area contributed by atoms with E-state index >= 15 is 0 Å². The van der Waals surface area contributed by atoms with Gasteiger partial charge < -0.3 is 5.32 Å². The first-order valence-electron chi connectivity index (χ1n) is 7.50. The third kappa shape index (κ3) is 4.18. The lowest BCUT2D eigenvalue weighted by atomic mass is 10.1. The molecule has 3 rings (SSSR count). The lowest BCUT2D eigenvalue weighted by Gasteiger charge is -2.13. The van der Waals surface area contributed by atoms with Crippen LogP contribution in [0.15, 0.2) is 59.3 Å². The van der Waals surface area contributed by atoms with Gasteiger partial charge in [-0.1, -0.05) is 49.0 Å². The number of thioether (sulfide) groups is 1. The molecule has 2 heterocycles. The van der Waals surface area contributed by atoms with E-state index in [2.05, 4.69) is 20.3 Å². The minimum absolute atomic E-state index is 0.0580. The number of carbonyl (C=O) groups excluding carboxylic acids is 1. The molecule has 0 aliphatic rings. The zero-order valence-electron chi connectivity index (χ0n) is 13.0. The Hall–Kier alpha value is -2.25. The van der Waals surface area contributed by atoms with E-state index in [1.54, 1.807) is 6.20 Å². The highest BCUT2D eigenvalue weighted by Gasteiger charge is 2.19. The quantitative estimate of drug-likeness (QED) is 0.532. The van der Waals surface area contributed by atoms with Crippen LogP contribution in [0, 0.1) is 0 Å². The Morgan fingerprint density at radius 2 is 2.08 bits per heavy atom. The molecule has 1 amide bonds. The Morgan fingerprint density at radius 3 is 2.79 bits per heavy atom. The first-order valence-corrected chi connectivity index (χ1v) is 9.26. The van der Waals surface area contributed by atoms with Crippen molar-refractivity contribution in [3.05, 3.63) is 54.3 Å². The van der Waals surface area contributed by atoms with Gasteiger partial charge in [-0.15, -0.1) is 11.3 Å². The number of rotatable bonds is 6. The molecule has 1 unspecified atom stereocenters. The van der Waals surface area contributed by atoms with Crippen molar-refractivity contribution in [1.29, 1.82) is 0 Å². The highest BCUT2D eigenvalue weighted by Crippen LogP contribution is 2.27. The molecule has 0 saturated heterocycles. The van der Waals surface area contributed by atoms with E-state index in [1.165, 1.54) is 29.4 Å². The second kappa shape index (κ2) is 8.03. The minimum Gasteiger partial charge on any atom is -0.301 e. The summed E-state index contributed by atoms with van der Waals surface area (Å²) in [6.45, 7) is 1.98. The van der Waals surface area contributed by atoms with Crippen molar-refractivity contribution in [2.24, 2.45) is 0 Å². The maximum Gasteiger partial charge on any atom is 0.239 e. The van der Waals surface area contributed by atoms with Crippen molar-refractivity contribution in [2.45, 2.75) is 23.6 Å². The minimum atomic E-state index is -0.229. The van der Waals surface area contributed by atoms with E-state index in [0.717, 1.165) is 16.3 Å². The lowest BCUT2D eigenvalue weighted by molar-refractivity contribution is -0.115. The second-order valence-electron chi connectivity index (χ2n) is 4.95. The summed E-state index contributed by atoms with van der Waals surface area (Å²) in [5, 5.41) is 5.85. The molecule has 1 atom stereocenters. The molecule has 24 heavy (non-hydrogen) atoms. The van der Waals surface area contributed by atoms with Crippen molar-refractivity contribution in [3.8, 4) is 11.3 Å². The predicted octanol–water partition coefficient (Wildman–Crippen LogP) is 4.11. The van der Waals surface area contributed by atoms with Gasteiger partial charge in [0.25, 0.3) is 0 Å². The van der Waals surface area contributed by atoms with Crippen LogP contribution in [0.1, 0.15) is 13.3 Å². The van der Waals surface area contributed by atoms with Gasteiger partial charge in [0.05, 0.1) is 10.9 Å². The number of amides is 1. The van der Waals surface area contributed by atoms with E-state index in [0.29, 0.717) is 11.6 Å². The monoisotopic (exact) mass is 356 g/mol. The van der Waals surface area contributed by atoms with E-state index in [9.17, 15) is 4.79 Å². The Kier molecular flexibility index (Phi) is 5.55. The molecular formula is C17H16N4OS2. The Balaban J connectivity index is 1.73. The average Bonchev–Trinajstić information content (AvgIpc) is 3.13. The molecular weight excluding hydrogens is 340 g/mol. The van der Waals surface area contributed by atoms with Gasteiger partial charge in [-0.05, 0) is 12.5 Å². The summed E-state index contributed by atoms with van der Waals surface area (Å²) in [4.78, 5) is 25.1. The lowest BCUT2D eigenvalue weighted by Crippen LogP contribution is -2.24. The van der Waals surface area contributed by atoms with Crippen molar-refractivity contribution < 1.29 is 4.79 Å². The summed E-state index contributed by atoms with van der Waals surface area (Å²) >= 11 is 2.85. The van der Waals surface area contributed by atoms with E-state index in [-0.39, 0.29) is 11.2 Å². The molecule has 0 aliphatic carbocycles. The van der Waals surface area contributed by atoms with Gasteiger partial charge in [-0.25, -0.2) is 15.0 Å². The zero-order chi connectivity index (χ0) is 16.8. The van der Waals surface area contributed by atoms with Crippen molar-refractivity contribution >= 4 is 34.1 Å². The standard InChI is InChI=1S/C17H16N4OS2/c1-2-14(16(22)21-17-18-8-9-23-17)24-15-10-13(19-11-20-15)12-6-4-3-5-7-12/h3-11,14H,2H2,1H3,(H,18,21,22). The maximum atomic E-state index is 12.4. The SMILES string of the molecule is CCC(Sc1cc(-c2ccccc2)ncn1)C(=O)Nc1nccs1. The van der Waals surface area contributed by atoms with Gasteiger partial charge in [0.2, 0.25) is 5.91 Å². The molecule has 7 heteroatoms. The summed E-state index contributed by atoms with van der Waals surface area (Å²) in [7, 11) is 0. The summed E-state index contributed by atoms with van der Waals surface area (Å²) in [6.07, 6.45) is 3.91. The molecule has 0 bridgehead atoms. The van der Waals surface area contributed by atoms with Crippen molar-refractivity contribution in [3.63, 3.8) is 0 Å². The van der Waals surface area contributed by atoms with Gasteiger partial charge >= 0.3 is 0 Å². The molecule has 0 radical (unpaired) electrons.